The number of hydrogen-bond acceptors (Lipinski definition) is 11. The van der Waals surface area contributed by atoms with Crippen molar-refractivity contribution in [1.29, 1.82) is 0 Å². The molecule has 3 aromatic heterocycles. The number of benzene rings is 1. The Bertz CT molecular complexity index is 1650. The highest BCUT2D eigenvalue weighted by atomic mass is 32.2. The molecule has 14 heteroatoms. The lowest BCUT2D eigenvalue weighted by atomic mass is 10.1. The lowest BCUT2D eigenvalue weighted by molar-refractivity contribution is -0.119. The third-order valence-corrected chi connectivity index (χ3v) is 7.90. The van der Waals surface area contributed by atoms with Crippen molar-refractivity contribution in [2.75, 3.05) is 18.0 Å². The van der Waals surface area contributed by atoms with Crippen molar-refractivity contribution < 1.29 is 26.9 Å². The molecule has 1 aliphatic rings. The lowest BCUT2D eigenvalue weighted by Gasteiger charge is -2.30. The van der Waals surface area contributed by atoms with E-state index in [9.17, 15) is 13.2 Å². The van der Waals surface area contributed by atoms with Gasteiger partial charge in [-0.15, -0.1) is 0 Å². The first kappa shape index (κ1) is 27.4. The average molecular weight is 570 g/mol. The van der Waals surface area contributed by atoms with Gasteiger partial charge in [0.2, 0.25) is 11.8 Å². The first-order valence-electron chi connectivity index (χ1n) is 12.9. The minimum absolute atomic E-state index is 0.0270. The van der Waals surface area contributed by atoms with Gasteiger partial charge in [-0.25, -0.2) is 27.5 Å². The minimum Gasteiger partial charge on any atom is -0.474 e. The molecule has 1 saturated heterocycles. The number of fused-ring (bicyclic) bond motifs is 1. The molecule has 12 nitrogen and oxygen atoms in total. The molecule has 0 saturated carbocycles. The highest BCUT2D eigenvalue weighted by molar-refractivity contribution is 7.90. The largest absolute Gasteiger partial charge is 0.474 e. The van der Waals surface area contributed by atoms with Crippen LogP contribution in [0, 0.1) is 5.82 Å². The Morgan fingerprint density at radius 2 is 1.98 bits per heavy atom. The molecular weight excluding hydrogens is 541 g/mol. The highest BCUT2D eigenvalue weighted by Gasteiger charge is 2.26. The number of nitrogens with one attached hydrogen (secondary N) is 1. The zero-order valence-electron chi connectivity index (χ0n) is 22.2. The summed E-state index contributed by atoms with van der Waals surface area (Å²) >= 11 is 0. The van der Waals surface area contributed by atoms with Gasteiger partial charge in [-0.05, 0) is 24.3 Å². The normalized spacial score (nSPS) is 14.6. The van der Waals surface area contributed by atoms with Gasteiger partial charge in [0.15, 0.2) is 5.82 Å². The van der Waals surface area contributed by atoms with Crippen LogP contribution in [0.1, 0.15) is 51.8 Å². The van der Waals surface area contributed by atoms with Crippen molar-refractivity contribution in [3.05, 3.63) is 48.4 Å². The number of sulfonamides is 1. The summed E-state index contributed by atoms with van der Waals surface area (Å²) < 4.78 is 53.6. The number of anilines is 1. The van der Waals surface area contributed by atoms with Gasteiger partial charge in [0.1, 0.15) is 23.8 Å². The summed E-state index contributed by atoms with van der Waals surface area (Å²) in [5.74, 6) is -0.335. The Morgan fingerprint density at radius 1 is 1.20 bits per heavy atom. The number of nitrogens with zero attached hydrogens (tertiary/aromatic N) is 6. The summed E-state index contributed by atoms with van der Waals surface area (Å²) in [6.07, 6.45) is 4.05. The van der Waals surface area contributed by atoms with Crippen molar-refractivity contribution in [3.8, 4) is 17.1 Å². The number of carbonyl (C=O) groups is 1. The van der Waals surface area contributed by atoms with Crippen molar-refractivity contribution in [1.82, 2.24) is 29.8 Å². The van der Waals surface area contributed by atoms with Gasteiger partial charge < -0.3 is 14.2 Å². The van der Waals surface area contributed by atoms with E-state index in [1.807, 2.05) is 23.5 Å². The van der Waals surface area contributed by atoms with Crippen LogP contribution < -0.4 is 14.4 Å². The van der Waals surface area contributed by atoms with Gasteiger partial charge in [0.25, 0.3) is 10.0 Å². The predicted molar refractivity (Wildman–Crippen MR) is 143 cm³/mol. The molecule has 0 bridgehead atoms. The molecule has 1 amide bonds. The fraction of sp³-hybridized carbons (Fsp3) is 0.385. The second-order valence-electron chi connectivity index (χ2n) is 9.65. The van der Waals surface area contributed by atoms with Crippen LogP contribution in [-0.2, 0) is 14.8 Å². The summed E-state index contributed by atoms with van der Waals surface area (Å²) in [4.78, 5) is 30.6. The summed E-state index contributed by atoms with van der Waals surface area (Å²) in [5, 5.41) is 4.57. The van der Waals surface area contributed by atoms with Gasteiger partial charge >= 0.3 is 6.01 Å². The Balaban J connectivity index is 1.35. The van der Waals surface area contributed by atoms with Crippen LogP contribution in [0.2, 0.25) is 0 Å². The van der Waals surface area contributed by atoms with E-state index in [0.717, 1.165) is 6.07 Å². The lowest BCUT2D eigenvalue weighted by Crippen LogP contribution is -2.38. The molecule has 0 unspecified atom stereocenters. The number of amides is 1. The summed E-state index contributed by atoms with van der Waals surface area (Å²) in [7, 11) is -4.21. The quantitative estimate of drug-likeness (QED) is 0.331. The zero-order chi connectivity index (χ0) is 28.4. The molecule has 1 aliphatic heterocycles. The first-order valence-corrected chi connectivity index (χ1v) is 14.3. The third-order valence-electron chi connectivity index (χ3n) is 6.53. The van der Waals surface area contributed by atoms with E-state index in [-0.39, 0.29) is 34.6 Å². The Hall–Kier alpha value is -4.20. The number of halogens is 1. The van der Waals surface area contributed by atoms with Gasteiger partial charge in [-0.3, -0.25) is 9.78 Å². The molecule has 1 N–H and O–H groups in total. The second kappa shape index (κ2) is 11.1. The van der Waals surface area contributed by atoms with Crippen LogP contribution >= 0.6 is 0 Å². The number of hydrogen-bond donors (Lipinski definition) is 1. The molecule has 5 rings (SSSR count). The SMILES string of the molecule is CCC(=O)NS(=O)(=O)c1ccc(-c2nccc3c(OC4CCN(c5nc(C(C)C)no5)CC4)ncnc23)c(F)c1. The number of aromatic nitrogens is 5. The number of piperidine rings is 1. The van der Waals surface area contributed by atoms with Gasteiger partial charge in [-0.1, -0.05) is 25.9 Å². The van der Waals surface area contributed by atoms with Crippen molar-refractivity contribution >= 4 is 32.8 Å². The number of rotatable bonds is 8. The van der Waals surface area contributed by atoms with Crippen LogP contribution in [0.5, 0.6) is 5.88 Å². The molecule has 0 atom stereocenters. The number of carbonyl (C=O) groups excluding carboxylic acids is 1. The third kappa shape index (κ3) is 5.57. The molecule has 0 radical (unpaired) electrons. The molecule has 4 aromatic rings. The van der Waals surface area contributed by atoms with Gasteiger partial charge in [-0.2, -0.15) is 4.98 Å². The predicted octanol–water partition coefficient (Wildman–Crippen LogP) is 3.60. The molecule has 4 heterocycles. The highest BCUT2D eigenvalue weighted by Crippen LogP contribution is 2.32. The molecule has 210 valence electrons. The zero-order valence-corrected chi connectivity index (χ0v) is 23.0. The van der Waals surface area contributed by atoms with Crippen molar-refractivity contribution in [2.45, 2.75) is 57.0 Å². The average Bonchev–Trinajstić information content (AvgIpc) is 3.44. The maximum absolute atomic E-state index is 15.2. The number of ether oxygens (including phenoxy) is 1. The summed E-state index contributed by atoms with van der Waals surface area (Å²) in [6, 6.07) is 5.54. The van der Waals surface area contributed by atoms with Crippen LogP contribution in [0.15, 0.2) is 46.2 Å². The molecule has 0 aliphatic carbocycles. The Labute approximate surface area is 230 Å². The van der Waals surface area contributed by atoms with Gasteiger partial charge in [0, 0.05) is 50.0 Å². The molecule has 1 fully saturated rings. The topological polar surface area (TPSA) is 153 Å². The fourth-order valence-electron chi connectivity index (χ4n) is 4.30. The minimum atomic E-state index is -4.21. The van der Waals surface area contributed by atoms with Crippen molar-refractivity contribution in [3.63, 3.8) is 0 Å². The molecule has 40 heavy (non-hydrogen) atoms. The monoisotopic (exact) mass is 569 g/mol. The summed E-state index contributed by atoms with van der Waals surface area (Å²) in [5.41, 5.74) is 0.603. The van der Waals surface area contributed by atoms with E-state index in [1.165, 1.54) is 31.6 Å². The molecular formula is C26H28FN7O5S. The van der Waals surface area contributed by atoms with E-state index < -0.39 is 21.7 Å². The smallest absolute Gasteiger partial charge is 0.324 e. The maximum atomic E-state index is 15.2. The van der Waals surface area contributed by atoms with Crippen molar-refractivity contribution in [2.24, 2.45) is 0 Å². The van der Waals surface area contributed by atoms with Crippen LogP contribution in [-0.4, -0.2) is 58.6 Å². The maximum Gasteiger partial charge on any atom is 0.324 e. The van der Waals surface area contributed by atoms with E-state index in [4.69, 9.17) is 9.26 Å². The first-order chi connectivity index (χ1) is 19.2. The molecule has 1 aromatic carbocycles. The Morgan fingerprint density at radius 3 is 2.65 bits per heavy atom. The Kier molecular flexibility index (Phi) is 7.61. The van der Waals surface area contributed by atoms with Crippen LogP contribution in [0.25, 0.3) is 22.2 Å². The summed E-state index contributed by atoms with van der Waals surface area (Å²) in [6.45, 7) is 6.86. The fourth-order valence-corrected chi connectivity index (χ4v) is 5.37. The van der Waals surface area contributed by atoms with Gasteiger partial charge in [0.05, 0.1) is 16.0 Å². The van der Waals surface area contributed by atoms with E-state index in [1.54, 1.807) is 6.07 Å². The van der Waals surface area contributed by atoms with Crippen LogP contribution in [0.4, 0.5) is 10.4 Å². The van der Waals surface area contributed by atoms with E-state index in [2.05, 4.69) is 25.1 Å². The second-order valence-corrected chi connectivity index (χ2v) is 11.3. The standard InChI is InChI=1S/C26H28FN7O5S/c1-4-21(35)33-40(36,37)17-5-6-18(20(27)13-17)22-23-19(7-10-28-22)25(30-14-29-23)38-16-8-11-34(12-9-16)26-31-24(15(2)3)32-39-26/h5-7,10,13-16H,4,8-9,11-12H2,1-3H3,(H,33,35). The number of pyridine rings is 1. The van der Waals surface area contributed by atoms with E-state index >= 15 is 4.39 Å². The van der Waals surface area contributed by atoms with Crippen LogP contribution in [0.3, 0.4) is 0 Å². The van der Waals surface area contributed by atoms with E-state index in [0.29, 0.717) is 54.6 Å². The molecule has 0 spiro atoms.